The molecule has 13 heteroatoms. The number of phenolic OH excluding ortho intramolecular Hbond substituents is 1. The number of amides is 4. The van der Waals surface area contributed by atoms with Gasteiger partial charge in [-0.1, -0.05) is 53.2 Å². The lowest BCUT2D eigenvalue weighted by atomic mass is 9.95. The van der Waals surface area contributed by atoms with Gasteiger partial charge in [0.05, 0.1) is 12.0 Å². The van der Waals surface area contributed by atoms with E-state index in [1.165, 1.54) is 47.4 Å². The van der Waals surface area contributed by atoms with Gasteiger partial charge in [0, 0.05) is 37.9 Å². The van der Waals surface area contributed by atoms with Crippen molar-refractivity contribution in [1.82, 2.24) is 25.4 Å². The van der Waals surface area contributed by atoms with Crippen molar-refractivity contribution in [3.05, 3.63) is 45.9 Å². The van der Waals surface area contributed by atoms with Crippen molar-refractivity contribution in [3.8, 4) is 5.75 Å². The van der Waals surface area contributed by atoms with E-state index in [-0.39, 0.29) is 23.8 Å². The standard InChI is InChI=1S/C35H51N5O7S/c1-10-12-25-21(6)35(46)47-29(20(5)11-2)34(45)39(8)27(17-23-13-15-24(41)16-14-23)33(44)40(9)28(19(3)4)31(43)36-22(7)32-38-26(18-48-32)30(42)37-25/h13-16,18-22,25,27-29,41H,10-12,17H2,1-9H3,(H,36,43)(H,37,42)/t20-,21+,22+,25-,27+,28+,29+/m1/s1. The van der Waals surface area contributed by atoms with Crippen molar-refractivity contribution in [2.75, 3.05) is 14.1 Å². The van der Waals surface area contributed by atoms with Gasteiger partial charge in [0.2, 0.25) is 11.8 Å². The van der Waals surface area contributed by atoms with Crippen LogP contribution in [0.25, 0.3) is 0 Å². The van der Waals surface area contributed by atoms with E-state index < -0.39 is 71.7 Å². The summed E-state index contributed by atoms with van der Waals surface area (Å²) < 4.78 is 5.95. The third-order valence-electron chi connectivity index (χ3n) is 9.15. The van der Waals surface area contributed by atoms with E-state index in [4.69, 9.17) is 4.74 Å². The highest BCUT2D eigenvalue weighted by molar-refractivity contribution is 7.09. The van der Waals surface area contributed by atoms with Gasteiger partial charge in [-0.2, -0.15) is 0 Å². The molecule has 0 radical (unpaired) electrons. The summed E-state index contributed by atoms with van der Waals surface area (Å²) >= 11 is 1.23. The number of nitrogens with one attached hydrogen (secondary N) is 2. The molecule has 0 saturated carbocycles. The van der Waals surface area contributed by atoms with Gasteiger partial charge >= 0.3 is 5.97 Å². The Hall–Kier alpha value is -4.00. The molecule has 3 rings (SSSR count). The lowest BCUT2D eigenvalue weighted by Gasteiger charge is -2.38. The number of nitrogens with zero attached hydrogens (tertiary/aromatic N) is 3. The average Bonchev–Trinajstić information content (AvgIpc) is 3.55. The van der Waals surface area contributed by atoms with Gasteiger partial charge in [-0.25, -0.2) is 4.98 Å². The molecule has 0 unspecified atom stereocenters. The second-order valence-electron chi connectivity index (χ2n) is 13.2. The van der Waals surface area contributed by atoms with E-state index in [2.05, 4.69) is 15.6 Å². The number of esters is 1. The highest BCUT2D eigenvalue weighted by Crippen LogP contribution is 2.25. The molecule has 1 aromatic heterocycles. The number of hydrogen-bond donors (Lipinski definition) is 3. The zero-order valence-electron chi connectivity index (χ0n) is 29.5. The average molecular weight is 686 g/mol. The molecule has 1 aliphatic rings. The Morgan fingerprint density at radius 3 is 2.19 bits per heavy atom. The Labute approximate surface area is 287 Å². The van der Waals surface area contributed by atoms with Gasteiger partial charge in [-0.15, -0.1) is 11.3 Å². The molecule has 12 nitrogen and oxygen atoms in total. The fraction of sp³-hybridized carbons (Fsp3) is 0.600. The molecule has 1 aromatic carbocycles. The number of benzene rings is 1. The van der Waals surface area contributed by atoms with Crippen LogP contribution in [0.5, 0.6) is 5.75 Å². The number of phenols is 1. The first-order chi connectivity index (χ1) is 22.6. The van der Waals surface area contributed by atoms with E-state index in [0.29, 0.717) is 29.8 Å². The fourth-order valence-corrected chi connectivity index (χ4v) is 6.68. The summed E-state index contributed by atoms with van der Waals surface area (Å²) in [7, 11) is 3.04. The van der Waals surface area contributed by atoms with Gasteiger partial charge in [0.1, 0.15) is 28.5 Å². The number of ether oxygens (including phenoxy) is 1. The molecule has 3 N–H and O–H groups in total. The number of carbonyl (C=O) groups is 5. The molecule has 4 amide bonds. The third-order valence-corrected chi connectivity index (χ3v) is 10.2. The minimum Gasteiger partial charge on any atom is -0.508 e. The monoisotopic (exact) mass is 685 g/mol. The SMILES string of the molecule is CCC[C@H]1NC(=O)c2csc(n2)[C@H](C)NC(=O)[C@H](C(C)C)N(C)C(=O)[C@H](Cc2ccc(O)cc2)N(C)C(=O)[C@H]([C@H](C)CC)OC(=O)[C@H]1C. The van der Waals surface area contributed by atoms with Crippen molar-refractivity contribution in [3.63, 3.8) is 0 Å². The molecule has 2 heterocycles. The third kappa shape index (κ3) is 9.12. The van der Waals surface area contributed by atoms with E-state index in [1.807, 2.05) is 27.7 Å². The van der Waals surface area contributed by atoms with Crippen LogP contribution in [0.15, 0.2) is 29.6 Å². The highest BCUT2D eigenvalue weighted by atomic mass is 32.1. The summed E-state index contributed by atoms with van der Waals surface area (Å²) in [6, 6.07) is 3.21. The van der Waals surface area contributed by atoms with Gasteiger partial charge in [-0.05, 0) is 50.3 Å². The number of cyclic esters (lactones) is 1. The number of rotatable bonds is 7. The quantitative estimate of drug-likeness (QED) is 0.368. The molecule has 7 atom stereocenters. The molecular formula is C35H51N5O7S. The second-order valence-corrected chi connectivity index (χ2v) is 14.1. The zero-order chi connectivity index (χ0) is 35.9. The van der Waals surface area contributed by atoms with Crippen LogP contribution in [0.2, 0.25) is 0 Å². The Morgan fingerprint density at radius 1 is 0.958 bits per heavy atom. The number of likely N-dealkylation sites (N-methyl/N-ethyl adjacent to an activating group) is 2. The number of fused-ring (bicyclic) bond motifs is 2. The van der Waals surface area contributed by atoms with Crippen LogP contribution in [-0.4, -0.2) is 87.8 Å². The summed E-state index contributed by atoms with van der Waals surface area (Å²) in [6.07, 6.45) is 0.549. The first kappa shape index (κ1) is 38.4. The zero-order valence-corrected chi connectivity index (χ0v) is 30.3. The molecule has 0 saturated heterocycles. The second kappa shape index (κ2) is 16.9. The van der Waals surface area contributed by atoms with Crippen molar-refractivity contribution in [1.29, 1.82) is 0 Å². The molecule has 0 fully saturated rings. The summed E-state index contributed by atoms with van der Waals surface area (Å²) in [5.41, 5.74) is 0.843. The number of aromatic hydroxyl groups is 1. The van der Waals surface area contributed by atoms with Crippen LogP contribution < -0.4 is 10.6 Å². The highest BCUT2D eigenvalue weighted by Gasteiger charge is 2.41. The smallest absolute Gasteiger partial charge is 0.311 e. The predicted molar refractivity (Wildman–Crippen MR) is 183 cm³/mol. The predicted octanol–water partition coefficient (Wildman–Crippen LogP) is 4.08. The first-order valence-electron chi connectivity index (χ1n) is 16.7. The van der Waals surface area contributed by atoms with Crippen LogP contribution in [0.1, 0.15) is 94.8 Å². The maximum absolute atomic E-state index is 14.4. The molecule has 2 bridgehead atoms. The van der Waals surface area contributed by atoms with Crippen LogP contribution in [0, 0.1) is 17.8 Å². The number of hydrogen-bond acceptors (Lipinski definition) is 9. The van der Waals surface area contributed by atoms with Crippen LogP contribution in [0.4, 0.5) is 0 Å². The molecule has 0 aliphatic carbocycles. The van der Waals surface area contributed by atoms with E-state index in [1.54, 1.807) is 38.3 Å². The summed E-state index contributed by atoms with van der Waals surface area (Å²) in [5.74, 6) is -3.97. The topological polar surface area (TPSA) is 158 Å². The van der Waals surface area contributed by atoms with E-state index in [0.717, 1.165) is 0 Å². The minimum absolute atomic E-state index is 0.0561. The van der Waals surface area contributed by atoms with Gasteiger partial charge in [0.15, 0.2) is 6.10 Å². The first-order valence-corrected chi connectivity index (χ1v) is 17.6. The fourth-order valence-electron chi connectivity index (χ4n) is 5.87. The largest absolute Gasteiger partial charge is 0.508 e. The lowest BCUT2D eigenvalue weighted by Crippen LogP contribution is -2.58. The molecular weight excluding hydrogens is 634 g/mol. The lowest BCUT2D eigenvalue weighted by molar-refractivity contribution is -0.169. The van der Waals surface area contributed by atoms with Crippen molar-refractivity contribution in [2.24, 2.45) is 17.8 Å². The van der Waals surface area contributed by atoms with Crippen LogP contribution in [-0.2, 0) is 30.3 Å². The van der Waals surface area contributed by atoms with Crippen LogP contribution in [0.3, 0.4) is 0 Å². The van der Waals surface area contributed by atoms with Crippen molar-refractivity contribution in [2.45, 2.75) is 104 Å². The van der Waals surface area contributed by atoms with Gasteiger partial charge < -0.3 is 30.3 Å². The van der Waals surface area contributed by atoms with Crippen molar-refractivity contribution < 1.29 is 33.8 Å². The maximum Gasteiger partial charge on any atom is 0.311 e. The summed E-state index contributed by atoms with van der Waals surface area (Å²) in [6.45, 7) is 12.7. The summed E-state index contributed by atoms with van der Waals surface area (Å²) in [5, 5.41) is 17.9. The van der Waals surface area contributed by atoms with Crippen molar-refractivity contribution >= 4 is 40.9 Å². The Kier molecular flexibility index (Phi) is 13.5. The summed E-state index contributed by atoms with van der Waals surface area (Å²) in [4.78, 5) is 76.6. The number of aromatic nitrogens is 1. The van der Waals surface area contributed by atoms with E-state index >= 15 is 0 Å². The van der Waals surface area contributed by atoms with Crippen LogP contribution >= 0.6 is 11.3 Å². The molecule has 2 aromatic rings. The van der Waals surface area contributed by atoms with Gasteiger partial charge in [-0.3, -0.25) is 24.0 Å². The number of thiazole rings is 1. The van der Waals surface area contributed by atoms with E-state index in [9.17, 15) is 29.1 Å². The maximum atomic E-state index is 14.4. The Balaban J connectivity index is 2.15. The normalized spacial score (nSPS) is 25.9. The molecule has 264 valence electrons. The van der Waals surface area contributed by atoms with Gasteiger partial charge in [0.25, 0.3) is 11.8 Å². The number of carbonyl (C=O) groups excluding carboxylic acids is 5. The molecule has 0 spiro atoms. The Bertz CT molecular complexity index is 1440. The Morgan fingerprint density at radius 2 is 1.60 bits per heavy atom. The molecule has 48 heavy (non-hydrogen) atoms. The molecule has 1 aliphatic heterocycles. The minimum atomic E-state index is -1.21.